The topological polar surface area (TPSA) is 47.6 Å². The van der Waals surface area contributed by atoms with Gasteiger partial charge in [0.1, 0.15) is 0 Å². The summed E-state index contributed by atoms with van der Waals surface area (Å²) in [4.78, 5) is 0. The van der Waals surface area contributed by atoms with E-state index in [0.29, 0.717) is 5.92 Å². The van der Waals surface area contributed by atoms with Gasteiger partial charge in [0.2, 0.25) is 0 Å². The van der Waals surface area contributed by atoms with E-state index in [1.807, 2.05) is 27.7 Å². The molecule has 0 amide bonds. The molecule has 0 aliphatic carbocycles. The lowest BCUT2D eigenvalue weighted by Gasteiger charge is -2.42. The average molecular weight is 192 g/mol. The van der Waals surface area contributed by atoms with Crippen molar-refractivity contribution in [2.75, 3.05) is 0 Å². The van der Waals surface area contributed by atoms with Crippen LogP contribution in [0.1, 0.15) is 41.5 Å². The predicted molar refractivity (Wildman–Crippen MR) is 57.1 cm³/mol. The minimum absolute atomic E-state index is 0.0508. The van der Waals surface area contributed by atoms with Crippen molar-refractivity contribution in [1.82, 2.24) is 0 Å². The lowest BCUT2D eigenvalue weighted by Crippen LogP contribution is -2.43. The van der Waals surface area contributed by atoms with Crippen LogP contribution in [0.3, 0.4) is 0 Å². The van der Waals surface area contributed by atoms with E-state index in [1.54, 1.807) is 0 Å². The number of hydrogen-bond acceptors (Lipinski definition) is 2. The molecule has 78 valence electrons. The third kappa shape index (κ3) is 1.62. The number of rotatable bonds is 3. The SMILES string of the molecule is CC(C)C(C)(C)C(C#N)(C#N)C(C)C. The summed E-state index contributed by atoms with van der Waals surface area (Å²) >= 11 is 0. The Labute approximate surface area is 87.5 Å². The van der Waals surface area contributed by atoms with Crippen LogP contribution in [0.2, 0.25) is 0 Å². The van der Waals surface area contributed by atoms with Crippen molar-refractivity contribution in [2.45, 2.75) is 41.5 Å². The Morgan fingerprint density at radius 2 is 1.21 bits per heavy atom. The van der Waals surface area contributed by atoms with Gasteiger partial charge in [-0.25, -0.2) is 0 Å². The third-order valence-corrected chi connectivity index (χ3v) is 3.68. The molecular formula is C12H20N2. The van der Waals surface area contributed by atoms with Gasteiger partial charge in [-0.2, -0.15) is 10.5 Å². The first-order chi connectivity index (χ1) is 6.26. The summed E-state index contributed by atoms with van der Waals surface area (Å²) in [6, 6.07) is 4.45. The van der Waals surface area contributed by atoms with Crippen molar-refractivity contribution in [1.29, 1.82) is 10.5 Å². The van der Waals surface area contributed by atoms with E-state index in [1.165, 1.54) is 0 Å². The van der Waals surface area contributed by atoms with Gasteiger partial charge in [-0.15, -0.1) is 0 Å². The van der Waals surface area contributed by atoms with Crippen LogP contribution in [0.5, 0.6) is 0 Å². The number of nitrogens with zero attached hydrogens (tertiary/aromatic N) is 2. The Balaban J connectivity index is 5.47. The van der Waals surface area contributed by atoms with E-state index in [-0.39, 0.29) is 11.3 Å². The fourth-order valence-corrected chi connectivity index (χ4v) is 1.77. The van der Waals surface area contributed by atoms with Crippen LogP contribution in [-0.4, -0.2) is 0 Å². The average Bonchev–Trinajstić information content (AvgIpc) is 2.05. The van der Waals surface area contributed by atoms with Gasteiger partial charge in [0.05, 0.1) is 12.1 Å². The van der Waals surface area contributed by atoms with Crippen LogP contribution in [0.25, 0.3) is 0 Å². The summed E-state index contributed by atoms with van der Waals surface area (Å²) in [5.74, 6) is 0.360. The fourth-order valence-electron chi connectivity index (χ4n) is 1.77. The van der Waals surface area contributed by atoms with E-state index in [2.05, 4.69) is 26.0 Å². The summed E-state index contributed by atoms with van der Waals surface area (Å²) < 4.78 is 0. The molecule has 0 rings (SSSR count). The molecule has 14 heavy (non-hydrogen) atoms. The van der Waals surface area contributed by atoms with E-state index in [9.17, 15) is 10.5 Å². The van der Waals surface area contributed by atoms with Gasteiger partial charge in [-0.1, -0.05) is 41.5 Å². The Morgan fingerprint density at radius 1 is 0.857 bits per heavy atom. The molecule has 0 aromatic carbocycles. The van der Waals surface area contributed by atoms with Crippen LogP contribution < -0.4 is 0 Å². The standard InChI is InChI=1S/C12H20N2/c1-9(2)11(5,6)12(7-13,8-14)10(3)4/h9-10H,1-6H3. The molecule has 0 atom stereocenters. The molecule has 0 aliphatic heterocycles. The highest BCUT2D eigenvalue weighted by atomic mass is 14.5. The molecular weight excluding hydrogens is 172 g/mol. The Morgan fingerprint density at radius 3 is 1.29 bits per heavy atom. The molecule has 0 N–H and O–H groups in total. The molecule has 0 spiro atoms. The molecule has 0 aromatic rings. The molecule has 2 heteroatoms. The summed E-state index contributed by atoms with van der Waals surface area (Å²) in [6.45, 7) is 12.0. The summed E-state index contributed by atoms with van der Waals surface area (Å²) in [5, 5.41) is 18.5. The summed E-state index contributed by atoms with van der Waals surface area (Å²) in [5.41, 5.74) is -1.17. The van der Waals surface area contributed by atoms with Gasteiger partial charge in [0, 0.05) is 0 Å². The van der Waals surface area contributed by atoms with E-state index in [4.69, 9.17) is 0 Å². The van der Waals surface area contributed by atoms with Gasteiger partial charge < -0.3 is 0 Å². The monoisotopic (exact) mass is 192 g/mol. The van der Waals surface area contributed by atoms with E-state index < -0.39 is 5.41 Å². The largest absolute Gasteiger partial charge is 0.197 e. The lowest BCUT2D eigenvalue weighted by molar-refractivity contribution is 0.0810. The maximum atomic E-state index is 9.26. The highest BCUT2D eigenvalue weighted by molar-refractivity contribution is 5.21. The van der Waals surface area contributed by atoms with Gasteiger partial charge in [-0.3, -0.25) is 0 Å². The second-order valence-electron chi connectivity index (χ2n) is 5.06. The molecule has 0 aliphatic rings. The van der Waals surface area contributed by atoms with Gasteiger partial charge in [-0.05, 0) is 17.3 Å². The quantitative estimate of drug-likeness (QED) is 0.688. The zero-order valence-electron chi connectivity index (χ0n) is 10.0. The molecule has 0 saturated carbocycles. The predicted octanol–water partition coefficient (Wildman–Crippen LogP) is 3.36. The molecule has 0 fully saturated rings. The molecule has 0 saturated heterocycles. The molecule has 0 heterocycles. The Hall–Kier alpha value is -1.02. The smallest absolute Gasteiger partial charge is 0.151 e. The second kappa shape index (κ2) is 4.01. The molecule has 0 unspecified atom stereocenters. The van der Waals surface area contributed by atoms with Crippen LogP contribution in [0.15, 0.2) is 0 Å². The van der Waals surface area contributed by atoms with Crippen molar-refractivity contribution >= 4 is 0 Å². The highest BCUT2D eigenvalue weighted by Gasteiger charge is 2.50. The first kappa shape index (κ1) is 13.0. The van der Waals surface area contributed by atoms with Crippen LogP contribution in [0.4, 0.5) is 0 Å². The minimum atomic E-state index is -0.888. The Bertz CT molecular complexity index is 260. The normalized spacial score (nSPS) is 12.7. The van der Waals surface area contributed by atoms with Crippen molar-refractivity contribution in [3.8, 4) is 12.1 Å². The highest BCUT2D eigenvalue weighted by Crippen LogP contribution is 2.48. The first-order valence-corrected chi connectivity index (χ1v) is 5.08. The zero-order chi connectivity index (χ0) is 11.6. The first-order valence-electron chi connectivity index (χ1n) is 5.08. The Kier molecular flexibility index (Phi) is 3.72. The van der Waals surface area contributed by atoms with Crippen molar-refractivity contribution in [2.24, 2.45) is 22.7 Å². The molecule has 0 bridgehead atoms. The molecule has 0 aromatic heterocycles. The third-order valence-electron chi connectivity index (χ3n) is 3.68. The van der Waals surface area contributed by atoms with Gasteiger partial charge in [0.15, 0.2) is 5.41 Å². The van der Waals surface area contributed by atoms with Crippen molar-refractivity contribution < 1.29 is 0 Å². The van der Waals surface area contributed by atoms with E-state index >= 15 is 0 Å². The van der Waals surface area contributed by atoms with Gasteiger partial charge in [0.25, 0.3) is 0 Å². The summed E-state index contributed by atoms with van der Waals surface area (Å²) in [7, 11) is 0. The van der Waals surface area contributed by atoms with Crippen LogP contribution >= 0.6 is 0 Å². The van der Waals surface area contributed by atoms with Crippen LogP contribution in [-0.2, 0) is 0 Å². The number of hydrogen-bond donors (Lipinski definition) is 0. The minimum Gasteiger partial charge on any atom is -0.197 e. The van der Waals surface area contributed by atoms with Crippen molar-refractivity contribution in [3.05, 3.63) is 0 Å². The van der Waals surface area contributed by atoms with Crippen molar-refractivity contribution in [3.63, 3.8) is 0 Å². The molecule has 2 nitrogen and oxygen atoms in total. The van der Waals surface area contributed by atoms with Gasteiger partial charge >= 0.3 is 0 Å². The summed E-state index contributed by atoms with van der Waals surface area (Å²) in [6.07, 6.45) is 0. The maximum Gasteiger partial charge on any atom is 0.151 e. The van der Waals surface area contributed by atoms with Crippen LogP contribution in [0, 0.1) is 45.3 Å². The fraction of sp³-hybridized carbons (Fsp3) is 0.833. The van der Waals surface area contributed by atoms with E-state index in [0.717, 1.165) is 0 Å². The number of nitriles is 2. The second-order valence-corrected chi connectivity index (χ2v) is 5.06. The lowest BCUT2D eigenvalue weighted by atomic mass is 9.57. The zero-order valence-corrected chi connectivity index (χ0v) is 10.0. The maximum absolute atomic E-state index is 9.26. The molecule has 0 radical (unpaired) electrons.